The van der Waals surface area contributed by atoms with E-state index in [1.807, 2.05) is 0 Å². The van der Waals surface area contributed by atoms with Crippen LogP contribution < -0.4 is 5.56 Å². The molecule has 1 aromatic carbocycles. The lowest BCUT2D eigenvalue weighted by Crippen LogP contribution is -2.48. The molecule has 1 N–H and O–H groups in total. The number of benzene rings is 1. The van der Waals surface area contributed by atoms with Gasteiger partial charge in [-0.05, 0) is 25.3 Å². The summed E-state index contributed by atoms with van der Waals surface area (Å²) < 4.78 is 1.48. The molecular weight excluding hydrogens is 296 g/mol. The summed E-state index contributed by atoms with van der Waals surface area (Å²) in [5, 5.41) is 10.0. The Kier molecular flexibility index (Phi) is 3.90. The number of aliphatic carboxylic acids is 1. The Morgan fingerprint density at radius 1 is 1.22 bits per heavy atom. The number of pyridine rings is 1. The van der Waals surface area contributed by atoms with Crippen molar-refractivity contribution in [2.24, 2.45) is 7.05 Å². The van der Waals surface area contributed by atoms with Gasteiger partial charge in [0.1, 0.15) is 6.04 Å². The van der Waals surface area contributed by atoms with Gasteiger partial charge in [0.2, 0.25) is 0 Å². The molecule has 0 spiro atoms. The summed E-state index contributed by atoms with van der Waals surface area (Å²) in [6, 6.07) is 7.64. The maximum Gasteiger partial charge on any atom is 0.326 e. The molecule has 6 nitrogen and oxygen atoms in total. The molecule has 1 amide bonds. The van der Waals surface area contributed by atoms with Crippen molar-refractivity contribution in [3.8, 4) is 0 Å². The van der Waals surface area contributed by atoms with Crippen LogP contribution in [0.1, 0.15) is 29.6 Å². The average Bonchev–Trinajstić information content (AvgIpc) is 2.57. The van der Waals surface area contributed by atoms with Crippen LogP contribution in [0.25, 0.3) is 10.9 Å². The molecule has 3 rings (SSSR count). The summed E-state index contributed by atoms with van der Waals surface area (Å²) in [7, 11) is 1.65. The third-order valence-electron chi connectivity index (χ3n) is 4.43. The number of piperidine rings is 1. The van der Waals surface area contributed by atoms with E-state index in [-0.39, 0.29) is 17.0 Å². The number of fused-ring (bicyclic) bond motifs is 1. The van der Waals surface area contributed by atoms with E-state index in [4.69, 9.17) is 0 Å². The van der Waals surface area contributed by atoms with E-state index in [1.165, 1.54) is 15.5 Å². The van der Waals surface area contributed by atoms with E-state index in [9.17, 15) is 19.5 Å². The van der Waals surface area contributed by atoms with Crippen molar-refractivity contribution >= 4 is 22.8 Å². The summed E-state index contributed by atoms with van der Waals surface area (Å²) in [4.78, 5) is 37.8. The lowest BCUT2D eigenvalue weighted by molar-refractivity contribution is -0.143. The third-order valence-corrected chi connectivity index (χ3v) is 4.43. The number of carbonyl (C=O) groups excluding carboxylic acids is 1. The summed E-state index contributed by atoms with van der Waals surface area (Å²) in [6.45, 7) is 0.402. The van der Waals surface area contributed by atoms with Crippen molar-refractivity contribution in [2.75, 3.05) is 6.54 Å². The Bertz CT molecular complexity index is 840. The van der Waals surface area contributed by atoms with Crippen molar-refractivity contribution in [3.63, 3.8) is 0 Å². The molecule has 1 aliphatic heterocycles. The van der Waals surface area contributed by atoms with E-state index < -0.39 is 12.0 Å². The Hall–Kier alpha value is -2.63. The number of hydrogen-bond donors (Lipinski definition) is 1. The molecule has 0 bridgehead atoms. The van der Waals surface area contributed by atoms with Gasteiger partial charge in [-0.25, -0.2) is 4.79 Å². The van der Waals surface area contributed by atoms with Crippen LogP contribution >= 0.6 is 0 Å². The minimum absolute atomic E-state index is 0.275. The molecule has 0 aliphatic carbocycles. The lowest BCUT2D eigenvalue weighted by Gasteiger charge is -2.33. The SMILES string of the molecule is Cn1c(=O)cc(C(=O)N2CCCC[C@@H]2C(=O)O)c2ccccc21. The number of carboxylic acid groups (broad SMARTS) is 1. The molecule has 2 aromatic rings. The Labute approximate surface area is 132 Å². The quantitative estimate of drug-likeness (QED) is 0.913. The summed E-state index contributed by atoms with van der Waals surface area (Å²) in [5.41, 5.74) is 0.653. The van der Waals surface area contributed by atoms with Crippen LogP contribution in [-0.2, 0) is 11.8 Å². The molecule has 1 saturated heterocycles. The van der Waals surface area contributed by atoms with Gasteiger partial charge in [-0.3, -0.25) is 9.59 Å². The molecule has 1 aliphatic rings. The smallest absolute Gasteiger partial charge is 0.326 e. The largest absolute Gasteiger partial charge is 0.480 e. The fraction of sp³-hybridized carbons (Fsp3) is 0.353. The number of hydrogen-bond acceptors (Lipinski definition) is 3. The number of aryl methyl sites for hydroxylation is 1. The second-order valence-corrected chi connectivity index (χ2v) is 5.82. The molecule has 1 aromatic heterocycles. The number of rotatable bonds is 2. The minimum Gasteiger partial charge on any atom is -0.480 e. The van der Waals surface area contributed by atoms with E-state index >= 15 is 0 Å². The van der Waals surface area contributed by atoms with E-state index in [0.29, 0.717) is 23.9 Å². The number of likely N-dealkylation sites (tertiary alicyclic amines) is 1. The minimum atomic E-state index is -0.994. The summed E-state index contributed by atoms with van der Waals surface area (Å²) in [5.74, 6) is -1.38. The van der Waals surface area contributed by atoms with Crippen LogP contribution in [0.3, 0.4) is 0 Å². The lowest BCUT2D eigenvalue weighted by atomic mass is 9.99. The molecule has 0 unspecified atom stereocenters. The van der Waals surface area contributed by atoms with E-state index in [1.54, 1.807) is 31.3 Å². The average molecular weight is 314 g/mol. The first-order valence-corrected chi connectivity index (χ1v) is 7.63. The molecule has 23 heavy (non-hydrogen) atoms. The molecule has 1 fully saturated rings. The number of nitrogens with zero attached hydrogens (tertiary/aromatic N) is 2. The van der Waals surface area contributed by atoms with Crippen LogP contribution in [0, 0.1) is 0 Å². The topological polar surface area (TPSA) is 79.6 Å². The van der Waals surface area contributed by atoms with Crippen molar-refractivity contribution in [2.45, 2.75) is 25.3 Å². The summed E-state index contributed by atoms with van der Waals surface area (Å²) in [6.07, 6.45) is 2.01. The van der Waals surface area contributed by atoms with Gasteiger partial charge in [-0.2, -0.15) is 0 Å². The predicted octanol–water partition coefficient (Wildman–Crippen LogP) is 1.62. The molecule has 1 atom stereocenters. The van der Waals surface area contributed by atoms with E-state index in [2.05, 4.69) is 0 Å². The number of aromatic nitrogens is 1. The molecule has 120 valence electrons. The number of carbonyl (C=O) groups is 2. The normalized spacial score (nSPS) is 18.1. The highest BCUT2D eigenvalue weighted by Gasteiger charge is 2.33. The van der Waals surface area contributed by atoms with E-state index in [0.717, 1.165) is 12.8 Å². The van der Waals surface area contributed by atoms with Gasteiger partial charge in [-0.1, -0.05) is 18.2 Å². The van der Waals surface area contributed by atoms with Crippen molar-refractivity contribution in [3.05, 3.63) is 46.2 Å². The Balaban J connectivity index is 2.12. The fourth-order valence-electron chi connectivity index (χ4n) is 3.17. The second kappa shape index (κ2) is 5.87. The van der Waals surface area contributed by atoms with Gasteiger partial charge in [0.05, 0.1) is 11.1 Å². The summed E-state index contributed by atoms with van der Waals surface area (Å²) >= 11 is 0. The van der Waals surface area contributed by atoms with Gasteiger partial charge in [0.25, 0.3) is 11.5 Å². The molecule has 2 heterocycles. The zero-order valence-electron chi connectivity index (χ0n) is 12.9. The first-order valence-electron chi connectivity index (χ1n) is 7.63. The van der Waals surface area contributed by atoms with Crippen molar-refractivity contribution < 1.29 is 14.7 Å². The first-order chi connectivity index (χ1) is 11.0. The second-order valence-electron chi connectivity index (χ2n) is 5.82. The molecule has 6 heteroatoms. The monoisotopic (exact) mass is 314 g/mol. The van der Waals surface area contributed by atoms with Gasteiger partial charge in [0, 0.05) is 25.0 Å². The first kappa shape index (κ1) is 15.3. The fourth-order valence-corrected chi connectivity index (χ4v) is 3.17. The molecular formula is C17H18N2O4. The van der Waals surface area contributed by atoms with Gasteiger partial charge < -0.3 is 14.6 Å². The van der Waals surface area contributed by atoms with Crippen LogP contribution in [0.15, 0.2) is 35.1 Å². The number of amides is 1. The Morgan fingerprint density at radius 3 is 2.70 bits per heavy atom. The Morgan fingerprint density at radius 2 is 1.96 bits per heavy atom. The van der Waals surface area contributed by atoms with Crippen LogP contribution in [0.2, 0.25) is 0 Å². The predicted molar refractivity (Wildman–Crippen MR) is 85.5 cm³/mol. The maximum atomic E-state index is 12.9. The zero-order valence-corrected chi connectivity index (χ0v) is 12.9. The number of para-hydroxylation sites is 1. The van der Waals surface area contributed by atoms with Crippen LogP contribution in [0.4, 0.5) is 0 Å². The highest BCUT2D eigenvalue weighted by Crippen LogP contribution is 2.23. The van der Waals surface area contributed by atoms with Crippen molar-refractivity contribution in [1.82, 2.24) is 9.47 Å². The highest BCUT2D eigenvalue weighted by atomic mass is 16.4. The van der Waals surface area contributed by atoms with Crippen LogP contribution in [0.5, 0.6) is 0 Å². The van der Waals surface area contributed by atoms with Crippen molar-refractivity contribution in [1.29, 1.82) is 0 Å². The standard InChI is InChI=1S/C17H18N2O4/c1-18-13-7-3-2-6-11(13)12(10-15(18)20)16(21)19-9-5-4-8-14(19)17(22)23/h2-3,6-7,10,14H,4-5,8-9H2,1H3,(H,22,23)/t14-/m1/s1. The van der Waals surface area contributed by atoms with Gasteiger partial charge in [0.15, 0.2) is 0 Å². The van der Waals surface area contributed by atoms with Crippen LogP contribution in [-0.4, -0.2) is 39.0 Å². The maximum absolute atomic E-state index is 12.9. The highest BCUT2D eigenvalue weighted by molar-refractivity contribution is 6.07. The van der Waals surface area contributed by atoms with Gasteiger partial charge in [-0.15, -0.1) is 0 Å². The number of carboxylic acids is 1. The zero-order chi connectivity index (χ0) is 16.6. The molecule has 0 radical (unpaired) electrons. The molecule has 0 saturated carbocycles. The third kappa shape index (κ3) is 2.60. The van der Waals surface area contributed by atoms with Gasteiger partial charge >= 0.3 is 5.97 Å².